The average molecular weight is 377 g/mol. The summed E-state index contributed by atoms with van der Waals surface area (Å²) in [5, 5.41) is 3.19. The van der Waals surface area contributed by atoms with Crippen molar-refractivity contribution >= 4 is 26.0 Å². The van der Waals surface area contributed by atoms with Crippen molar-refractivity contribution in [1.29, 1.82) is 0 Å². The van der Waals surface area contributed by atoms with Gasteiger partial charge in [0.05, 0.1) is 11.5 Å². The van der Waals surface area contributed by atoms with E-state index in [-0.39, 0.29) is 10.9 Å². The number of ether oxygens (including phenoxy) is 1. The molecule has 1 atom stereocenters. The fourth-order valence-corrected chi connectivity index (χ4v) is 4.52. The maximum atomic E-state index is 12.5. The maximum Gasteiger partial charge on any atom is 0.242 e. The molecule has 2 rings (SSSR count). The topological polar surface area (TPSA) is 67.4 Å². The molecule has 0 amide bonds. The highest BCUT2D eigenvalue weighted by Crippen LogP contribution is 2.24. The Morgan fingerprint density at radius 2 is 2.24 bits per heavy atom. The number of sulfonamides is 1. The van der Waals surface area contributed by atoms with Gasteiger partial charge in [-0.25, -0.2) is 13.1 Å². The van der Waals surface area contributed by atoms with Crippen molar-refractivity contribution in [2.24, 2.45) is 0 Å². The molecule has 118 valence electrons. The lowest BCUT2D eigenvalue weighted by Crippen LogP contribution is -2.40. The van der Waals surface area contributed by atoms with E-state index in [9.17, 15) is 8.42 Å². The molecular weight excluding hydrogens is 356 g/mol. The summed E-state index contributed by atoms with van der Waals surface area (Å²) in [4.78, 5) is 0.281. The molecule has 1 fully saturated rings. The van der Waals surface area contributed by atoms with Gasteiger partial charge in [-0.3, -0.25) is 0 Å². The van der Waals surface area contributed by atoms with E-state index in [2.05, 4.69) is 26.0 Å². The van der Waals surface area contributed by atoms with E-state index in [0.717, 1.165) is 24.9 Å². The molecule has 7 heteroatoms. The first-order valence-corrected chi connectivity index (χ1v) is 9.40. The molecule has 1 saturated heterocycles. The average Bonchev–Trinajstić information content (AvgIpc) is 2.47. The smallest absolute Gasteiger partial charge is 0.242 e. The Morgan fingerprint density at radius 1 is 1.43 bits per heavy atom. The van der Waals surface area contributed by atoms with Gasteiger partial charge in [-0.1, -0.05) is 13.0 Å². The van der Waals surface area contributed by atoms with Crippen LogP contribution in [-0.2, 0) is 21.3 Å². The van der Waals surface area contributed by atoms with Gasteiger partial charge in [-0.15, -0.1) is 0 Å². The van der Waals surface area contributed by atoms with Crippen LogP contribution in [-0.4, -0.2) is 34.2 Å². The lowest BCUT2D eigenvalue weighted by Gasteiger charge is -2.23. The minimum Gasteiger partial charge on any atom is -0.380 e. The molecule has 0 spiro atoms. The van der Waals surface area contributed by atoms with Gasteiger partial charge in [0, 0.05) is 23.7 Å². The zero-order valence-electron chi connectivity index (χ0n) is 12.1. The van der Waals surface area contributed by atoms with Gasteiger partial charge in [0.15, 0.2) is 0 Å². The van der Waals surface area contributed by atoms with Crippen LogP contribution in [0.4, 0.5) is 0 Å². The van der Waals surface area contributed by atoms with Gasteiger partial charge in [-0.2, -0.15) is 0 Å². The quantitative estimate of drug-likeness (QED) is 0.796. The Hall–Kier alpha value is -0.470. The summed E-state index contributed by atoms with van der Waals surface area (Å²) < 4.78 is 33.7. The number of hydrogen-bond donors (Lipinski definition) is 2. The lowest BCUT2D eigenvalue weighted by atomic mass is 10.1. The van der Waals surface area contributed by atoms with Crippen LogP contribution in [0.1, 0.15) is 25.3 Å². The van der Waals surface area contributed by atoms with Gasteiger partial charge >= 0.3 is 0 Å². The van der Waals surface area contributed by atoms with Crippen LogP contribution in [0, 0.1) is 0 Å². The summed E-state index contributed by atoms with van der Waals surface area (Å²) in [6.07, 6.45) is 1.70. The van der Waals surface area contributed by atoms with Crippen LogP contribution in [0.5, 0.6) is 0 Å². The Bertz CT molecular complexity index is 572. The van der Waals surface area contributed by atoms with Crippen molar-refractivity contribution in [2.75, 3.05) is 19.8 Å². The van der Waals surface area contributed by atoms with Crippen molar-refractivity contribution in [1.82, 2.24) is 10.0 Å². The van der Waals surface area contributed by atoms with Crippen LogP contribution >= 0.6 is 15.9 Å². The predicted octanol–water partition coefficient (Wildman–Crippen LogP) is 2.02. The highest BCUT2D eigenvalue weighted by atomic mass is 79.9. The minimum absolute atomic E-state index is 0.145. The molecule has 0 radical (unpaired) electrons. The third-order valence-electron chi connectivity index (χ3n) is 3.35. The standard InChI is InChI=1S/C14H21BrN2O3S/c1-2-16-9-11-5-6-13(15)14(8-11)21(18,19)17-12-4-3-7-20-10-12/h5-6,8,12,16-17H,2-4,7,9-10H2,1H3. The molecule has 1 aromatic rings. The summed E-state index contributed by atoms with van der Waals surface area (Å²) >= 11 is 3.33. The molecule has 1 heterocycles. The van der Waals surface area contributed by atoms with Gasteiger partial charge in [-0.05, 0) is 53.0 Å². The molecule has 1 aliphatic rings. The van der Waals surface area contributed by atoms with Gasteiger partial charge in [0.2, 0.25) is 10.0 Å². The van der Waals surface area contributed by atoms with Crippen molar-refractivity contribution in [3.8, 4) is 0 Å². The highest BCUT2D eigenvalue weighted by molar-refractivity contribution is 9.10. The van der Waals surface area contributed by atoms with Gasteiger partial charge < -0.3 is 10.1 Å². The molecule has 1 aromatic carbocycles. The van der Waals surface area contributed by atoms with Crippen LogP contribution in [0.3, 0.4) is 0 Å². The Balaban J connectivity index is 2.17. The van der Waals surface area contributed by atoms with E-state index in [1.807, 2.05) is 13.0 Å². The van der Waals surface area contributed by atoms with Gasteiger partial charge in [0.25, 0.3) is 0 Å². The zero-order chi connectivity index (χ0) is 15.3. The third-order valence-corrected chi connectivity index (χ3v) is 5.86. The van der Waals surface area contributed by atoms with Crippen LogP contribution in [0.25, 0.3) is 0 Å². The number of nitrogens with one attached hydrogen (secondary N) is 2. The molecule has 0 bridgehead atoms. The molecule has 1 unspecified atom stereocenters. The Morgan fingerprint density at radius 3 is 2.90 bits per heavy atom. The third kappa shape index (κ3) is 4.75. The van der Waals surface area contributed by atoms with Gasteiger partial charge in [0.1, 0.15) is 0 Å². The monoisotopic (exact) mass is 376 g/mol. The molecular formula is C14H21BrN2O3S. The zero-order valence-corrected chi connectivity index (χ0v) is 14.5. The summed E-state index contributed by atoms with van der Waals surface area (Å²) in [5.41, 5.74) is 0.945. The van der Waals surface area contributed by atoms with E-state index in [0.29, 0.717) is 24.2 Å². The first-order chi connectivity index (χ1) is 10.0. The molecule has 0 aliphatic carbocycles. The van der Waals surface area contributed by atoms with Crippen molar-refractivity contribution in [3.05, 3.63) is 28.2 Å². The predicted molar refractivity (Wildman–Crippen MR) is 85.7 cm³/mol. The molecule has 0 aromatic heterocycles. The molecule has 1 aliphatic heterocycles. The SMILES string of the molecule is CCNCc1ccc(Br)c(S(=O)(=O)NC2CCCOC2)c1. The number of halogens is 1. The molecule has 5 nitrogen and oxygen atoms in total. The largest absolute Gasteiger partial charge is 0.380 e. The maximum absolute atomic E-state index is 12.5. The molecule has 0 saturated carbocycles. The summed E-state index contributed by atoms with van der Waals surface area (Å²) in [7, 11) is -3.54. The second kappa shape index (κ2) is 7.69. The summed E-state index contributed by atoms with van der Waals surface area (Å²) in [6, 6.07) is 5.25. The molecule has 21 heavy (non-hydrogen) atoms. The second-order valence-corrected chi connectivity index (χ2v) is 7.62. The number of rotatable bonds is 6. The van der Waals surface area contributed by atoms with Crippen LogP contribution in [0.2, 0.25) is 0 Å². The Kier molecular flexibility index (Phi) is 6.19. The normalized spacial score (nSPS) is 19.6. The van der Waals surface area contributed by atoms with Crippen LogP contribution < -0.4 is 10.0 Å². The second-order valence-electron chi connectivity index (χ2n) is 5.08. The van der Waals surface area contributed by atoms with E-state index in [1.54, 1.807) is 12.1 Å². The summed E-state index contributed by atoms with van der Waals surface area (Å²) in [5.74, 6) is 0. The van der Waals surface area contributed by atoms with E-state index < -0.39 is 10.0 Å². The fraction of sp³-hybridized carbons (Fsp3) is 0.571. The lowest BCUT2D eigenvalue weighted by molar-refractivity contribution is 0.0774. The highest BCUT2D eigenvalue weighted by Gasteiger charge is 2.24. The first kappa shape index (κ1) is 16.9. The first-order valence-electron chi connectivity index (χ1n) is 7.12. The van der Waals surface area contributed by atoms with E-state index in [4.69, 9.17) is 4.74 Å². The van der Waals surface area contributed by atoms with Crippen molar-refractivity contribution in [2.45, 2.75) is 37.2 Å². The Labute approximate surface area is 134 Å². The van der Waals surface area contributed by atoms with Crippen LogP contribution in [0.15, 0.2) is 27.6 Å². The van der Waals surface area contributed by atoms with E-state index in [1.165, 1.54) is 0 Å². The fourth-order valence-electron chi connectivity index (χ4n) is 2.25. The minimum atomic E-state index is -3.54. The van der Waals surface area contributed by atoms with Crippen molar-refractivity contribution in [3.63, 3.8) is 0 Å². The van der Waals surface area contributed by atoms with Crippen molar-refractivity contribution < 1.29 is 13.2 Å². The van der Waals surface area contributed by atoms with E-state index >= 15 is 0 Å². The number of benzene rings is 1. The summed E-state index contributed by atoms with van der Waals surface area (Å²) in [6.45, 7) is 4.66. The number of hydrogen-bond acceptors (Lipinski definition) is 4. The molecule has 2 N–H and O–H groups in total.